The van der Waals surface area contributed by atoms with Crippen molar-refractivity contribution in [1.29, 1.82) is 0 Å². The number of carbonyl (C=O) groups is 1. The van der Waals surface area contributed by atoms with Crippen molar-refractivity contribution in [2.45, 2.75) is 0 Å². The van der Waals surface area contributed by atoms with Crippen molar-refractivity contribution in [3.63, 3.8) is 0 Å². The van der Waals surface area contributed by atoms with Gasteiger partial charge in [0.25, 0.3) is 0 Å². The highest BCUT2D eigenvalue weighted by Gasteiger charge is 2.18. The molecule has 0 saturated carbocycles. The van der Waals surface area contributed by atoms with E-state index in [1.807, 2.05) is 6.07 Å². The molecule has 0 fully saturated rings. The fraction of sp³-hybridized carbons (Fsp3) is 0. The van der Waals surface area contributed by atoms with E-state index in [1.54, 1.807) is 30.5 Å². The van der Waals surface area contributed by atoms with Gasteiger partial charge in [0, 0.05) is 11.8 Å². The second-order valence-electron chi connectivity index (χ2n) is 3.90. The van der Waals surface area contributed by atoms with Gasteiger partial charge in [0.2, 0.25) is 5.28 Å². The van der Waals surface area contributed by atoms with Crippen molar-refractivity contribution in [1.82, 2.24) is 15.0 Å². The first-order valence-corrected chi connectivity index (χ1v) is 6.22. The molecule has 0 aliphatic carbocycles. The van der Waals surface area contributed by atoms with Crippen molar-refractivity contribution >= 4 is 40.0 Å². The molecule has 2 aromatic heterocycles. The minimum Gasteiger partial charge on any atom is -0.345 e. The van der Waals surface area contributed by atoms with Crippen LogP contribution in [-0.4, -0.2) is 20.7 Å². The van der Waals surface area contributed by atoms with Gasteiger partial charge in [-0.15, -0.1) is 0 Å². The van der Waals surface area contributed by atoms with Gasteiger partial charge in [-0.05, 0) is 11.6 Å². The van der Waals surface area contributed by atoms with Crippen LogP contribution >= 0.6 is 23.2 Å². The van der Waals surface area contributed by atoms with Crippen molar-refractivity contribution in [3.05, 3.63) is 58.1 Å². The summed E-state index contributed by atoms with van der Waals surface area (Å²) >= 11 is 11.8. The Bertz CT molecular complexity index is 768. The zero-order chi connectivity index (χ0) is 13.4. The number of nitrogens with one attached hydrogen (secondary N) is 1. The van der Waals surface area contributed by atoms with Crippen LogP contribution in [0.4, 0.5) is 0 Å². The fourth-order valence-corrected chi connectivity index (χ4v) is 2.37. The van der Waals surface area contributed by atoms with E-state index in [2.05, 4.69) is 15.0 Å². The average Bonchev–Trinajstić information content (AvgIpc) is 2.83. The third kappa shape index (κ3) is 2.09. The lowest BCUT2D eigenvalue weighted by atomic mass is 10.0. The molecular formula is C13H7Cl2N3O. The Kier molecular flexibility index (Phi) is 2.97. The number of halogens is 2. The van der Waals surface area contributed by atoms with Crippen LogP contribution in [-0.2, 0) is 0 Å². The highest BCUT2D eigenvalue weighted by Crippen LogP contribution is 2.26. The van der Waals surface area contributed by atoms with Gasteiger partial charge < -0.3 is 4.98 Å². The molecule has 19 heavy (non-hydrogen) atoms. The summed E-state index contributed by atoms with van der Waals surface area (Å²) in [6.07, 6.45) is 1.57. The Labute approximate surface area is 118 Å². The quantitative estimate of drug-likeness (QED) is 0.447. The van der Waals surface area contributed by atoms with Crippen molar-refractivity contribution < 1.29 is 4.79 Å². The van der Waals surface area contributed by atoms with Crippen LogP contribution in [0.2, 0.25) is 10.4 Å². The van der Waals surface area contributed by atoms with E-state index in [1.165, 1.54) is 0 Å². The largest absolute Gasteiger partial charge is 0.345 e. The number of rotatable bonds is 2. The standard InChI is InChI=1S/C13H7Cl2N3O/c14-11-9-8(6-16-12(9)18-13(15)17-11)10(19)7-4-2-1-3-5-7/h1-6H,(H,16,17,18). The van der Waals surface area contributed by atoms with Gasteiger partial charge in [-0.2, -0.15) is 4.98 Å². The Morgan fingerprint density at radius 2 is 1.84 bits per heavy atom. The maximum absolute atomic E-state index is 12.4. The van der Waals surface area contributed by atoms with Crippen LogP contribution in [0.3, 0.4) is 0 Å². The summed E-state index contributed by atoms with van der Waals surface area (Å²) in [7, 11) is 0. The minimum absolute atomic E-state index is 0.0399. The second-order valence-corrected chi connectivity index (χ2v) is 4.60. The summed E-state index contributed by atoms with van der Waals surface area (Å²) in [5, 5.41) is 0.688. The lowest BCUT2D eigenvalue weighted by Gasteiger charge is -2.00. The third-order valence-electron chi connectivity index (χ3n) is 2.74. The predicted molar refractivity (Wildman–Crippen MR) is 73.8 cm³/mol. The van der Waals surface area contributed by atoms with E-state index in [0.717, 1.165) is 0 Å². The number of carbonyl (C=O) groups excluding carboxylic acids is 1. The maximum Gasteiger partial charge on any atom is 0.225 e. The molecule has 2 heterocycles. The van der Waals surface area contributed by atoms with Gasteiger partial charge in [-0.25, -0.2) is 4.98 Å². The molecule has 0 amide bonds. The highest BCUT2D eigenvalue weighted by atomic mass is 35.5. The number of benzene rings is 1. The summed E-state index contributed by atoms with van der Waals surface area (Å²) in [5.41, 5.74) is 1.46. The van der Waals surface area contributed by atoms with Crippen LogP contribution in [0.5, 0.6) is 0 Å². The van der Waals surface area contributed by atoms with Crippen LogP contribution in [0.15, 0.2) is 36.5 Å². The van der Waals surface area contributed by atoms with E-state index in [0.29, 0.717) is 22.2 Å². The molecule has 3 aromatic rings. The lowest BCUT2D eigenvalue weighted by molar-refractivity contribution is 0.104. The maximum atomic E-state index is 12.4. The van der Waals surface area contributed by atoms with Crippen molar-refractivity contribution in [2.24, 2.45) is 0 Å². The number of ketones is 1. The summed E-state index contributed by atoms with van der Waals surface area (Å²) < 4.78 is 0. The number of aromatic nitrogens is 3. The highest BCUT2D eigenvalue weighted by molar-refractivity contribution is 6.37. The smallest absolute Gasteiger partial charge is 0.225 e. The minimum atomic E-state index is -0.139. The van der Waals surface area contributed by atoms with Gasteiger partial charge in [0.1, 0.15) is 10.8 Å². The molecule has 6 heteroatoms. The molecule has 0 aliphatic rings. The molecule has 0 aliphatic heterocycles. The SMILES string of the molecule is O=C(c1ccccc1)c1c[nH]c2nc(Cl)nc(Cl)c12. The monoisotopic (exact) mass is 291 g/mol. The molecule has 3 rings (SSSR count). The molecule has 0 spiro atoms. The molecule has 0 atom stereocenters. The number of nitrogens with zero attached hydrogens (tertiary/aromatic N) is 2. The van der Waals surface area contributed by atoms with E-state index in [4.69, 9.17) is 23.2 Å². The van der Waals surface area contributed by atoms with Crippen molar-refractivity contribution in [2.75, 3.05) is 0 Å². The summed E-state index contributed by atoms with van der Waals surface area (Å²) in [6.45, 7) is 0. The molecule has 94 valence electrons. The first-order chi connectivity index (χ1) is 9.16. The molecule has 1 N–H and O–H groups in total. The Morgan fingerprint density at radius 1 is 1.11 bits per heavy atom. The fourth-order valence-electron chi connectivity index (χ4n) is 1.89. The van der Waals surface area contributed by atoms with E-state index >= 15 is 0 Å². The molecule has 1 aromatic carbocycles. The Hall–Kier alpha value is -1.91. The normalized spacial score (nSPS) is 10.8. The number of H-pyrrole nitrogens is 1. The third-order valence-corrected chi connectivity index (χ3v) is 3.18. The van der Waals surface area contributed by atoms with Gasteiger partial charge in [-0.1, -0.05) is 41.9 Å². The van der Waals surface area contributed by atoms with Gasteiger partial charge in [-0.3, -0.25) is 4.79 Å². The lowest BCUT2D eigenvalue weighted by Crippen LogP contribution is -2.00. The molecular weight excluding hydrogens is 285 g/mol. The second kappa shape index (κ2) is 4.64. The van der Waals surface area contributed by atoms with Crippen LogP contribution in [0.25, 0.3) is 11.0 Å². The summed E-state index contributed by atoms with van der Waals surface area (Å²) in [6, 6.07) is 8.94. The topological polar surface area (TPSA) is 58.6 Å². The van der Waals surface area contributed by atoms with Gasteiger partial charge >= 0.3 is 0 Å². The van der Waals surface area contributed by atoms with E-state index in [9.17, 15) is 4.79 Å². The molecule has 0 bridgehead atoms. The van der Waals surface area contributed by atoms with E-state index in [-0.39, 0.29) is 16.2 Å². The van der Waals surface area contributed by atoms with Gasteiger partial charge in [0.05, 0.1) is 10.9 Å². The molecule has 0 saturated heterocycles. The predicted octanol–water partition coefficient (Wildman–Crippen LogP) is 3.50. The number of hydrogen-bond donors (Lipinski definition) is 1. The Balaban J connectivity index is 2.19. The first kappa shape index (κ1) is 12.1. The number of hydrogen-bond acceptors (Lipinski definition) is 3. The Morgan fingerprint density at radius 3 is 2.58 bits per heavy atom. The molecule has 0 radical (unpaired) electrons. The number of fused-ring (bicyclic) bond motifs is 1. The van der Waals surface area contributed by atoms with E-state index < -0.39 is 0 Å². The zero-order valence-corrected chi connectivity index (χ0v) is 11.0. The average molecular weight is 292 g/mol. The molecule has 0 unspecified atom stereocenters. The van der Waals surface area contributed by atoms with Crippen LogP contribution in [0, 0.1) is 0 Å². The van der Waals surface area contributed by atoms with Gasteiger partial charge in [0.15, 0.2) is 5.78 Å². The first-order valence-electron chi connectivity index (χ1n) is 5.46. The van der Waals surface area contributed by atoms with Crippen molar-refractivity contribution in [3.8, 4) is 0 Å². The van der Waals surface area contributed by atoms with Crippen LogP contribution < -0.4 is 0 Å². The van der Waals surface area contributed by atoms with Crippen LogP contribution in [0.1, 0.15) is 15.9 Å². The summed E-state index contributed by atoms with van der Waals surface area (Å²) in [5.74, 6) is -0.139. The zero-order valence-electron chi connectivity index (χ0n) is 9.52. The number of aromatic amines is 1. The summed E-state index contributed by atoms with van der Waals surface area (Å²) in [4.78, 5) is 23.1. The molecule has 4 nitrogen and oxygen atoms in total.